The van der Waals surface area contributed by atoms with Crippen LogP contribution < -0.4 is 0 Å². The normalized spacial score (nSPS) is 51.6. The summed E-state index contributed by atoms with van der Waals surface area (Å²) in [6.45, 7) is 17.4. The van der Waals surface area contributed by atoms with E-state index in [0.29, 0.717) is 24.9 Å². The van der Waals surface area contributed by atoms with Crippen LogP contribution in [-0.4, -0.2) is 57.9 Å². The number of rotatable bonds is 2. The summed E-state index contributed by atoms with van der Waals surface area (Å²) in [4.78, 5) is 11.9. The van der Waals surface area contributed by atoms with E-state index in [1.807, 2.05) is 13.8 Å². The first kappa shape index (κ1) is 28.6. The summed E-state index contributed by atoms with van der Waals surface area (Å²) >= 11 is 0. The topological polar surface area (TPSA) is 96.2 Å². The third-order valence-corrected chi connectivity index (χ3v) is 12.9. The van der Waals surface area contributed by atoms with Gasteiger partial charge in [-0.05, 0) is 93.3 Å². The monoisotopic (exact) mass is 532 g/mol. The van der Waals surface area contributed by atoms with E-state index in [1.165, 1.54) is 12.5 Å². The van der Waals surface area contributed by atoms with E-state index in [9.17, 15) is 20.1 Å². The highest BCUT2D eigenvalue weighted by atomic mass is 16.5. The summed E-state index contributed by atoms with van der Waals surface area (Å²) < 4.78 is 12.0. The molecule has 6 heteroatoms. The highest BCUT2D eigenvalue weighted by molar-refractivity contribution is 5.66. The minimum absolute atomic E-state index is 0.0597. The molecule has 5 aliphatic rings. The van der Waals surface area contributed by atoms with Gasteiger partial charge in [-0.2, -0.15) is 0 Å². The molecule has 0 aromatic heterocycles. The van der Waals surface area contributed by atoms with Crippen molar-refractivity contribution in [1.82, 2.24) is 0 Å². The number of aliphatic hydroxyl groups excluding tert-OH is 3. The molecule has 1 aliphatic heterocycles. The smallest absolute Gasteiger partial charge is 0.302 e. The Bertz CT molecular complexity index is 986. The maximum atomic E-state index is 12.0. The largest absolute Gasteiger partial charge is 0.462 e. The van der Waals surface area contributed by atoms with E-state index < -0.39 is 23.9 Å². The second kappa shape index (κ2) is 9.03. The second-order valence-corrected chi connectivity index (χ2v) is 15.4. The quantitative estimate of drug-likeness (QED) is 0.341. The van der Waals surface area contributed by atoms with E-state index in [2.05, 4.69) is 40.7 Å². The van der Waals surface area contributed by atoms with Crippen molar-refractivity contribution in [2.24, 2.45) is 45.3 Å². The Kier molecular flexibility index (Phi) is 6.79. The van der Waals surface area contributed by atoms with Gasteiger partial charge in [0.05, 0.1) is 24.4 Å². The molecule has 1 heterocycles. The average Bonchev–Trinajstić information content (AvgIpc) is 3.13. The van der Waals surface area contributed by atoms with Crippen LogP contribution in [0.3, 0.4) is 0 Å². The van der Waals surface area contributed by atoms with Crippen LogP contribution in [0.15, 0.2) is 11.6 Å². The van der Waals surface area contributed by atoms with Crippen molar-refractivity contribution in [2.45, 2.75) is 130 Å². The van der Waals surface area contributed by atoms with E-state index >= 15 is 0 Å². The van der Waals surface area contributed by atoms with Crippen LogP contribution in [0.5, 0.6) is 0 Å². The van der Waals surface area contributed by atoms with Gasteiger partial charge in [-0.25, -0.2) is 0 Å². The molecular weight excluding hydrogens is 480 g/mol. The number of esters is 1. The average molecular weight is 533 g/mol. The van der Waals surface area contributed by atoms with Crippen LogP contribution in [0.4, 0.5) is 0 Å². The Morgan fingerprint density at radius 2 is 1.66 bits per heavy atom. The highest BCUT2D eigenvalue weighted by Gasteiger charge is 2.68. The molecule has 38 heavy (non-hydrogen) atoms. The highest BCUT2D eigenvalue weighted by Crippen LogP contribution is 2.73. The van der Waals surface area contributed by atoms with Gasteiger partial charge < -0.3 is 24.8 Å². The van der Waals surface area contributed by atoms with Crippen molar-refractivity contribution in [3.05, 3.63) is 11.6 Å². The number of ether oxygens (including phenoxy) is 2. The Labute approximate surface area is 229 Å². The van der Waals surface area contributed by atoms with E-state index in [1.54, 1.807) is 0 Å². The van der Waals surface area contributed by atoms with Crippen LogP contribution in [0, 0.1) is 45.3 Å². The van der Waals surface area contributed by atoms with Crippen molar-refractivity contribution >= 4 is 5.97 Å². The Hall–Kier alpha value is -0.950. The minimum atomic E-state index is -0.898. The molecule has 3 saturated carbocycles. The molecule has 0 unspecified atom stereocenters. The Morgan fingerprint density at radius 1 is 0.974 bits per heavy atom. The van der Waals surface area contributed by atoms with Crippen LogP contribution in [0.1, 0.15) is 100 Å². The lowest BCUT2D eigenvalue weighted by atomic mass is 9.37. The van der Waals surface area contributed by atoms with Gasteiger partial charge in [0, 0.05) is 17.8 Å². The summed E-state index contributed by atoms with van der Waals surface area (Å²) in [5.41, 5.74) is 0.138. The fraction of sp³-hybridized carbons (Fsp3) is 0.906. The van der Waals surface area contributed by atoms with Gasteiger partial charge in [-0.3, -0.25) is 4.79 Å². The summed E-state index contributed by atoms with van der Waals surface area (Å²) in [7, 11) is 0. The molecule has 11 atom stereocenters. The fourth-order valence-corrected chi connectivity index (χ4v) is 10.8. The zero-order valence-electron chi connectivity index (χ0n) is 24.9. The summed E-state index contributed by atoms with van der Waals surface area (Å²) in [5.74, 6) is 0.892. The van der Waals surface area contributed by atoms with E-state index in [0.717, 1.165) is 38.5 Å². The maximum Gasteiger partial charge on any atom is 0.302 e. The third kappa shape index (κ3) is 3.90. The first-order chi connectivity index (χ1) is 17.5. The Morgan fingerprint density at radius 3 is 2.32 bits per heavy atom. The first-order valence-electron chi connectivity index (χ1n) is 15.1. The van der Waals surface area contributed by atoms with E-state index in [-0.39, 0.29) is 45.6 Å². The summed E-state index contributed by atoms with van der Waals surface area (Å²) in [5, 5.41) is 33.5. The number of fused-ring (bicyclic) bond motifs is 5. The Balaban J connectivity index is 1.45. The van der Waals surface area contributed by atoms with Gasteiger partial charge in [0.25, 0.3) is 0 Å². The molecule has 0 bridgehead atoms. The molecule has 3 N–H and O–H groups in total. The molecule has 0 amide bonds. The lowest BCUT2D eigenvalue weighted by molar-refractivity contribution is -0.220. The van der Waals surface area contributed by atoms with Crippen molar-refractivity contribution in [2.75, 3.05) is 6.61 Å². The van der Waals surface area contributed by atoms with Crippen molar-refractivity contribution in [3.8, 4) is 0 Å². The molecule has 0 radical (unpaired) electrons. The van der Waals surface area contributed by atoms with Gasteiger partial charge in [-0.15, -0.1) is 0 Å². The molecular formula is C32H52O6. The molecule has 1 saturated heterocycles. The predicted octanol–water partition coefficient (Wildman–Crippen LogP) is 5.03. The molecule has 5 rings (SSSR count). The molecule has 4 aliphatic carbocycles. The van der Waals surface area contributed by atoms with Crippen molar-refractivity contribution in [1.29, 1.82) is 0 Å². The van der Waals surface area contributed by atoms with Gasteiger partial charge in [0.15, 0.2) is 0 Å². The van der Waals surface area contributed by atoms with Crippen LogP contribution in [0.2, 0.25) is 0 Å². The second-order valence-electron chi connectivity index (χ2n) is 15.4. The number of hydrogen-bond donors (Lipinski definition) is 3. The summed E-state index contributed by atoms with van der Waals surface area (Å²) in [6.07, 6.45) is 6.35. The lowest BCUT2D eigenvalue weighted by Gasteiger charge is -2.68. The number of aliphatic hydroxyl groups is 3. The summed E-state index contributed by atoms with van der Waals surface area (Å²) in [6, 6.07) is 0. The van der Waals surface area contributed by atoms with Crippen LogP contribution in [-0.2, 0) is 14.3 Å². The number of carbonyl (C=O) groups excluding carboxylic acids is 1. The molecule has 0 aromatic carbocycles. The lowest BCUT2D eigenvalue weighted by Crippen LogP contribution is -2.65. The number of allylic oxidation sites excluding steroid dienone is 1. The zero-order valence-corrected chi connectivity index (χ0v) is 24.9. The fourth-order valence-electron chi connectivity index (χ4n) is 10.8. The van der Waals surface area contributed by atoms with Crippen LogP contribution in [0.25, 0.3) is 0 Å². The van der Waals surface area contributed by atoms with E-state index in [4.69, 9.17) is 9.47 Å². The zero-order chi connectivity index (χ0) is 28.1. The van der Waals surface area contributed by atoms with Gasteiger partial charge in [0.2, 0.25) is 0 Å². The molecule has 0 aromatic rings. The van der Waals surface area contributed by atoms with Crippen molar-refractivity contribution in [3.63, 3.8) is 0 Å². The predicted molar refractivity (Wildman–Crippen MR) is 146 cm³/mol. The van der Waals surface area contributed by atoms with Crippen LogP contribution >= 0.6 is 0 Å². The van der Waals surface area contributed by atoms with Gasteiger partial charge >= 0.3 is 5.97 Å². The molecule has 216 valence electrons. The third-order valence-electron chi connectivity index (χ3n) is 12.9. The molecule has 4 fully saturated rings. The molecule has 6 nitrogen and oxygen atoms in total. The van der Waals surface area contributed by atoms with Crippen molar-refractivity contribution < 1.29 is 29.6 Å². The maximum absolute atomic E-state index is 12.0. The first-order valence-corrected chi connectivity index (χ1v) is 15.1. The SMILES string of the molecule is CC(=O)O[C@@H]1CC[C@]2(C)[C@H]3CC[C@]4(C)C(=CC[C@H]4[C@@H]4COC(C)(C)[C@@H](O)[C@H](O)C4)[C@]3(C)[C@H](O)C[C@H]2C1(C)C. The number of hydrogen-bond acceptors (Lipinski definition) is 6. The molecule has 0 spiro atoms. The standard InChI is InChI=1S/C32H52O6/c1-18(33)38-26-12-14-31(7)23-11-13-30(6)20(19-15-21(34)27(36)29(4,5)37-17-19)9-10-22(30)32(23,8)25(35)16-24(31)28(26,2)3/h10,19-21,23-27,34-36H,9,11-17H2,1-8H3/t19-,20-,21+,23+,24-,25+,26+,27-,30-,31+,32-/m0/s1. The number of carbonyl (C=O) groups is 1. The van der Waals surface area contributed by atoms with Gasteiger partial charge in [0.1, 0.15) is 12.2 Å². The minimum Gasteiger partial charge on any atom is -0.462 e. The van der Waals surface area contributed by atoms with Gasteiger partial charge in [-0.1, -0.05) is 46.3 Å².